The van der Waals surface area contributed by atoms with E-state index in [4.69, 9.17) is 0 Å². The molecule has 3 aliphatic rings. The standard InChI is InChI=1S/C18H32N2O3S/c21-17(19-11-4-16-5-14-24(22,23)15-6-16)20-12-3-9-18(10-13-20)7-1-2-8-18/h16H,1-15H2,(H,19,21). The normalized spacial score (nSPS) is 27.1. The molecule has 3 fully saturated rings. The van der Waals surface area contributed by atoms with Crippen LogP contribution in [0.5, 0.6) is 0 Å². The van der Waals surface area contributed by atoms with Crippen LogP contribution in [0.2, 0.25) is 0 Å². The number of hydrogen-bond donors (Lipinski definition) is 1. The maximum Gasteiger partial charge on any atom is 0.317 e. The van der Waals surface area contributed by atoms with Gasteiger partial charge in [-0.2, -0.15) is 0 Å². The fourth-order valence-electron chi connectivity index (χ4n) is 4.80. The van der Waals surface area contributed by atoms with Crippen molar-refractivity contribution in [3.8, 4) is 0 Å². The number of amides is 2. The minimum atomic E-state index is -2.78. The van der Waals surface area contributed by atoms with Gasteiger partial charge >= 0.3 is 6.03 Å². The zero-order valence-electron chi connectivity index (χ0n) is 14.8. The minimum Gasteiger partial charge on any atom is -0.338 e. The fraction of sp³-hybridized carbons (Fsp3) is 0.944. The van der Waals surface area contributed by atoms with E-state index in [2.05, 4.69) is 5.32 Å². The van der Waals surface area contributed by atoms with Crippen molar-refractivity contribution in [3.63, 3.8) is 0 Å². The Morgan fingerprint density at radius 1 is 1.00 bits per heavy atom. The van der Waals surface area contributed by atoms with E-state index < -0.39 is 9.84 Å². The van der Waals surface area contributed by atoms with Gasteiger partial charge in [0.05, 0.1) is 11.5 Å². The van der Waals surface area contributed by atoms with E-state index in [0.29, 0.717) is 29.4 Å². The number of hydrogen-bond acceptors (Lipinski definition) is 3. The molecule has 0 unspecified atom stereocenters. The van der Waals surface area contributed by atoms with E-state index in [1.54, 1.807) is 0 Å². The van der Waals surface area contributed by atoms with Gasteiger partial charge in [-0.05, 0) is 62.7 Å². The summed E-state index contributed by atoms with van der Waals surface area (Å²) < 4.78 is 22.9. The number of carbonyl (C=O) groups is 1. The van der Waals surface area contributed by atoms with E-state index in [-0.39, 0.29) is 6.03 Å². The first-order valence-corrected chi connectivity index (χ1v) is 11.5. The van der Waals surface area contributed by atoms with Crippen LogP contribution in [0, 0.1) is 11.3 Å². The van der Waals surface area contributed by atoms with Gasteiger partial charge in [0.15, 0.2) is 0 Å². The first-order chi connectivity index (χ1) is 11.5. The molecule has 0 atom stereocenters. The lowest BCUT2D eigenvalue weighted by atomic mass is 9.79. The number of carbonyl (C=O) groups excluding carboxylic acids is 1. The summed E-state index contributed by atoms with van der Waals surface area (Å²) in [7, 11) is -2.78. The van der Waals surface area contributed by atoms with Gasteiger partial charge in [-0.25, -0.2) is 13.2 Å². The molecule has 0 bridgehead atoms. The van der Waals surface area contributed by atoms with Gasteiger partial charge in [0.25, 0.3) is 0 Å². The number of urea groups is 1. The first-order valence-electron chi connectivity index (χ1n) is 9.71. The second-order valence-electron chi connectivity index (χ2n) is 8.16. The molecule has 0 radical (unpaired) electrons. The average molecular weight is 357 g/mol. The highest BCUT2D eigenvalue weighted by atomic mass is 32.2. The van der Waals surface area contributed by atoms with Gasteiger partial charge in [0.1, 0.15) is 9.84 Å². The van der Waals surface area contributed by atoms with Crippen molar-refractivity contribution in [1.29, 1.82) is 0 Å². The third kappa shape index (κ3) is 4.64. The van der Waals surface area contributed by atoms with E-state index in [0.717, 1.165) is 38.8 Å². The van der Waals surface area contributed by atoms with E-state index in [1.807, 2.05) is 4.90 Å². The molecule has 1 saturated carbocycles. The first kappa shape index (κ1) is 18.0. The average Bonchev–Trinajstić information content (AvgIpc) is 2.90. The van der Waals surface area contributed by atoms with Crippen molar-refractivity contribution in [3.05, 3.63) is 0 Å². The summed E-state index contributed by atoms with van der Waals surface area (Å²) in [6.07, 6.45) is 11.4. The predicted octanol–water partition coefficient (Wildman–Crippen LogP) is 2.96. The summed E-state index contributed by atoms with van der Waals surface area (Å²) in [5.74, 6) is 1.08. The van der Waals surface area contributed by atoms with Crippen molar-refractivity contribution in [1.82, 2.24) is 10.2 Å². The van der Waals surface area contributed by atoms with E-state index in [1.165, 1.54) is 38.5 Å². The van der Waals surface area contributed by atoms with Crippen LogP contribution in [0.15, 0.2) is 0 Å². The summed E-state index contributed by atoms with van der Waals surface area (Å²) >= 11 is 0. The van der Waals surface area contributed by atoms with Gasteiger partial charge in [-0.1, -0.05) is 12.8 Å². The Bertz CT molecular complexity index is 526. The topological polar surface area (TPSA) is 66.5 Å². The maximum absolute atomic E-state index is 12.4. The van der Waals surface area contributed by atoms with E-state index in [9.17, 15) is 13.2 Å². The molecule has 6 heteroatoms. The van der Waals surface area contributed by atoms with Gasteiger partial charge < -0.3 is 10.2 Å². The zero-order valence-corrected chi connectivity index (χ0v) is 15.6. The van der Waals surface area contributed by atoms with Crippen LogP contribution < -0.4 is 5.32 Å². The van der Waals surface area contributed by atoms with E-state index >= 15 is 0 Å². The largest absolute Gasteiger partial charge is 0.338 e. The van der Waals surface area contributed by atoms with Crippen molar-refractivity contribution >= 4 is 15.9 Å². The predicted molar refractivity (Wildman–Crippen MR) is 95.7 cm³/mol. The SMILES string of the molecule is O=C(NCCC1CCS(=O)(=O)CC1)N1CCCC2(CCCC2)CC1. The lowest BCUT2D eigenvalue weighted by Crippen LogP contribution is -2.41. The van der Waals surface area contributed by atoms with Gasteiger partial charge in [0.2, 0.25) is 0 Å². The van der Waals surface area contributed by atoms with Crippen LogP contribution in [-0.4, -0.2) is 50.5 Å². The molecule has 1 aliphatic carbocycles. The Kier molecular flexibility index (Phi) is 5.73. The van der Waals surface area contributed by atoms with Crippen LogP contribution in [0.25, 0.3) is 0 Å². The Morgan fingerprint density at radius 3 is 2.38 bits per heavy atom. The van der Waals surface area contributed by atoms with Gasteiger partial charge in [-0.3, -0.25) is 0 Å². The molecule has 3 rings (SSSR count). The molecule has 0 aromatic heterocycles. The molecule has 0 aromatic carbocycles. The van der Waals surface area contributed by atoms with Gasteiger partial charge in [0, 0.05) is 19.6 Å². The number of sulfone groups is 1. The number of nitrogens with zero attached hydrogens (tertiary/aromatic N) is 1. The smallest absolute Gasteiger partial charge is 0.317 e. The molecule has 2 amide bonds. The lowest BCUT2D eigenvalue weighted by Gasteiger charge is -2.27. The van der Waals surface area contributed by atoms with Crippen molar-refractivity contribution in [2.45, 2.75) is 64.2 Å². The molecule has 24 heavy (non-hydrogen) atoms. The number of likely N-dealkylation sites (tertiary alicyclic amines) is 1. The Hall–Kier alpha value is -0.780. The van der Waals surface area contributed by atoms with Crippen molar-refractivity contribution in [2.75, 3.05) is 31.1 Å². The van der Waals surface area contributed by atoms with Gasteiger partial charge in [-0.15, -0.1) is 0 Å². The third-order valence-corrected chi connectivity index (χ3v) is 8.22. The van der Waals surface area contributed by atoms with Crippen LogP contribution in [-0.2, 0) is 9.84 Å². The zero-order chi connectivity index (χ0) is 17.0. The second-order valence-corrected chi connectivity index (χ2v) is 10.5. The number of rotatable bonds is 3. The molecule has 1 spiro atoms. The molecule has 1 N–H and O–H groups in total. The Labute approximate surface area is 146 Å². The molecular formula is C18H32N2O3S. The highest BCUT2D eigenvalue weighted by Gasteiger charge is 2.36. The van der Waals surface area contributed by atoms with Crippen LogP contribution in [0.3, 0.4) is 0 Å². The quantitative estimate of drug-likeness (QED) is 0.845. The maximum atomic E-state index is 12.4. The van der Waals surface area contributed by atoms with Crippen LogP contribution in [0.1, 0.15) is 64.2 Å². The Balaban J connectivity index is 1.38. The highest BCUT2D eigenvalue weighted by Crippen LogP contribution is 2.46. The monoisotopic (exact) mass is 356 g/mol. The fourth-order valence-corrected chi connectivity index (χ4v) is 6.39. The summed E-state index contributed by atoms with van der Waals surface area (Å²) in [5, 5.41) is 3.06. The molecule has 0 aromatic rings. The highest BCUT2D eigenvalue weighted by molar-refractivity contribution is 7.91. The summed E-state index contributed by atoms with van der Waals surface area (Å²) in [4.78, 5) is 14.4. The lowest BCUT2D eigenvalue weighted by molar-refractivity contribution is 0.194. The molecule has 2 heterocycles. The molecule has 2 aliphatic heterocycles. The van der Waals surface area contributed by atoms with Crippen molar-refractivity contribution in [2.24, 2.45) is 11.3 Å². The summed E-state index contributed by atoms with van der Waals surface area (Å²) in [6, 6.07) is 0.0773. The molecule has 138 valence electrons. The molecular weight excluding hydrogens is 324 g/mol. The second kappa shape index (κ2) is 7.63. The number of nitrogens with one attached hydrogen (secondary N) is 1. The molecule has 5 nitrogen and oxygen atoms in total. The minimum absolute atomic E-state index is 0.0773. The molecule has 2 saturated heterocycles. The summed E-state index contributed by atoms with van der Waals surface area (Å²) in [6.45, 7) is 2.45. The van der Waals surface area contributed by atoms with Crippen molar-refractivity contribution < 1.29 is 13.2 Å². The van der Waals surface area contributed by atoms with Crippen LogP contribution in [0.4, 0.5) is 4.79 Å². The summed E-state index contributed by atoms with van der Waals surface area (Å²) in [5.41, 5.74) is 0.530. The third-order valence-electron chi connectivity index (χ3n) is 6.50. The Morgan fingerprint density at radius 2 is 1.67 bits per heavy atom. The van der Waals surface area contributed by atoms with Crippen LogP contribution >= 0.6 is 0 Å².